The Morgan fingerprint density at radius 1 is 0.328 bits per heavy atom. The first kappa shape index (κ1) is 40.3. The molecule has 2 heteroatoms. The Kier molecular flexibility index (Phi) is 10.0. The van der Waals surface area contributed by atoms with E-state index in [1.165, 1.54) is 94.3 Å². The number of hydrogen-bond donors (Lipinski definition) is 0. The van der Waals surface area contributed by atoms with Gasteiger partial charge in [0.05, 0.1) is 11.0 Å². The first-order valence-corrected chi connectivity index (χ1v) is 23.7. The molecule has 0 spiro atoms. The Balaban J connectivity index is 0.994. The van der Waals surface area contributed by atoms with Crippen LogP contribution >= 0.6 is 0 Å². The van der Waals surface area contributed by atoms with Crippen molar-refractivity contribution >= 4 is 38.9 Å². The topological polar surface area (TPSA) is 8.17 Å². The molecule has 0 aliphatic heterocycles. The van der Waals surface area contributed by atoms with Gasteiger partial charge in [0.2, 0.25) is 0 Å². The van der Waals surface area contributed by atoms with E-state index in [1.54, 1.807) is 0 Å². The maximum absolute atomic E-state index is 2.50. The predicted octanol–water partition coefficient (Wildman–Crippen LogP) is 18.0. The van der Waals surface area contributed by atoms with E-state index < -0.39 is 0 Å². The molecule has 0 unspecified atom stereocenters. The van der Waals surface area contributed by atoms with Crippen molar-refractivity contribution < 1.29 is 0 Å². The van der Waals surface area contributed by atoms with Crippen LogP contribution in [0.25, 0.3) is 83.1 Å². The molecule has 1 aliphatic carbocycles. The Morgan fingerprint density at radius 2 is 0.791 bits per heavy atom. The van der Waals surface area contributed by atoms with E-state index in [2.05, 4.69) is 266 Å². The summed E-state index contributed by atoms with van der Waals surface area (Å²) in [6, 6.07) is 89.4. The van der Waals surface area contributed by atoms with Crippen molar-refractivity contribution in [2.45, 2.75) is 32.1 Å². The number of rotatable bonds is 10. The van der Waals surface area contributed by atoms with Gasteiger partial charge in [-0.05, 0) is 146 Å². The van der Waals surface area contributed by atoms with Gasteiger partial charge in [0, 0.05) is 38.9 Å². The smallest absolute Gasteiger partial charge is 0.0541 e. The zero-order valence-corrected chi connectivity index (χ0v) is 37.9. The molecule has 1 heterocycles. The lowest BCUT2D eigenvalue weighted by Gasteiger charge is -2.32. The van der Waals surface area contributed by atoms with Gasteiger partial charge < -0.3 is 9.47 Å². The number of fused-ring (bicyclic) bond motifs is 6. The van der Waals surface area contributed by atoms with Crippen molar-refractivity contribution in [2.75, 3.05) is 4.90 Å². The summed E-state index contributed by atoms with van der Waals surface area (Å²) in [6.45, 7) is 4.75. The fourth-order valence-electron chi connectivity index (χ4n) is 11.1. The van der Waals surface area contributed by atoms with E-state index in [1.807, 2.05) is 0 Å². The quantitative estimate of drug-likeness (QED) is 0.133. The zero-order chi connectivity index (χ0) is 44.9. The first-order valence-electron chi connectivity index (χ1n) is 23.7. The molecule has 0 bridgehead atoms. The molecule has 1 aliphatic rings. The van der Waals surface area contributed by atoms with Crippen LogP contribution in [-0.4, -0.2) is 4.57 Å². The van der Waals surface area contributed by atoms with Crippen molar-refractivity contribution in [1.29, 1.82) is 0 Å². The molecular formula is C65H50N2. The van der Waals surface area contributed by atoms with Crippen LogP contribution in [0.1, 0.15) is 37.8 Å². The molecule has 0 saturated heterocycles. The molecule has 12 rings (SSSR count). The predicted molar refractivity (Wildman–Crippen MR) is 284 cm³/mol. The molecule has 0 fully saturated rings. The van der Waals surface area contributed by atoms with Crippen LogP contribution in [-0.2, 0) is 5.41 Å². The number of nitrogens with zero attached hydrogens (tertiary/aromatic N) is 2. The summed E-state index contributed by atoms with van der Waals surface area (Å²) in [7, 11) is 0. The Labute approximate surface area is 393 Å². The molecule has 0 N–H and O–H groups in total. The summed E-state index contributed by atoms with van der Waals surface area (Å²) < 4.78 is 2.46. The SMILES string of the molecule is CCC1(CC)c2cc(N(c3ccc(-c4ccccc4-c4ccccc4)cc3)c3cccc(-c4cccc(-c5ccccc5)c4)c3)ccc2-c2ccc(-n3c4ccccc4c4ccccc43)cc21. The largest absolute Gasteiger partial charge is 0.310 e. The number of anilines is 3. The van der Waals surface area contributed by atoms with Gasteiger partial charge in [-0.1, -0.05) is 190 Å². The molecule has 0 radical (unpaired) electrons. The lowest BCUT2D eigenvalue weighted by Crippen LogP contribution is -2.23. The standard InChI is InChI=1S/C65H50N2/c1-3-65(4-2)61-43-53(37-39-57(61)58-40-38-54(44-62(58)65)67-63-31-15-13-29-59(63)60-30-14-16-32-64(60)67)66(51-35-33-47(34-36-51)56-28-12-11-27-55(56)46-21-9-6-10-22-46)52-26-18-25-50(42-52)49-24-17-23-48(41-49)45-19-7-5-8-20-45/h5-44H,3-4H2,1-2H3. The molecule has 67 heavy (non-hydrogen) atoms. The number of para-hydroxylation sites is 2. The Hall–Kier alpha value is -8.20. The van der Waals surface area contributed by atoms with Gasteiger partial charge in [0.1, 0.15) is 0 Å². The molecule has 2 nitrogen and oxygen atoms in total. The van der Waals surface area contributed by atoms with Crippen LogP contribution < -0.4 is 4.90 Å². The van der Waals surface area contributed by atoms with E-state index in [-0.39, 0.29) is 5.41 Å². The van der Waals surface area contributed by atoms with E-state index in [0.717, 1.165) is 29.9 Å². The van der Waals surface area contributed by atoms with Crippen molar-refractivity contribution in [1.82, 2.24) is 4.57 Å². The monoisotopic (exact) mass is 858 g/mol. The number of aromatic nitrogens is 1. The van der Waals surface area contributed by atoms with Gasteiger partial charge in [-0.25, -0.2) is 0 Å². The second-order valence-corrected chi connectivity index (χ2v) is 17.9. The molecule has 0 saturated carbocycles. The number of hydrogen-bond acceptors (Lipinski definition) is 1. The lowest BCUT2D eigenvalue weighted by atomic mass is 9.73. The highest BCUT2D eigenvalue weighted by Crippen LogP contribution is 2.55. The molecule has 320 valence electrons. The summed E-state index contributed by atoms with van der Waals surface area (Å²) >= 11 is 0. The summed E-state index contributed by atoms with van der Waals surface area (Å²) in [4.78, 5) is 2.46. The summed E-state index contributed by atoms with van der Waals surface area (Å²) in [6.07, 6.45) is 1.98. The van der Waals surface area contributed by atoms with Gasteiger partial charge >= 0.3 is 0 Å². The third kappa shape index (κ3) is 6.79. The minimum atomic E-state index is -0.161. The maximum Gasteiger partial charge on any atom is 0.0541 e. The highest BCUT2D eigenvalue weighted by molar-refractivity contribution is 6.09. The third-order valence-corrected chi connectivity index (χ3v) is 14.5. The molecule has 10 aromatic carbocycles. The molecule has 0 amide bonds. The third-order valence-electron chi connectivity index (χ3n) is 14.5. The van der Waals surface area contributed by atoms with E-state index in [9.17, 15) is 0 Å². The zero-order valence-electron chi connectivity index (χ0n) is 37.9. The fraction of sp³-hybridized carbons (Fsp3) is 0.0769. The van der Waals surface area contributed by atoms with Gasteiger partial charge in [-0.2, -0.15) is 0 Å². The van der Waals surface area contributed by atoms with Crippen LogP contribution in [0.2, 0.25) is 0 Å². The fourth-order valence-corrected chi connectivity index (χ4v) is 11.1. The second-order valence-electron chi connectivity index (χ2n) is 17.9. The second kappa shape index (κ2) is 16.7. The van der Waals surface area contributed by atoms with Gasteiger partial charge in [0.15, 0.2) is 0 Å². The van der Waals surface area contributed by atoms with E-state index in [0.29, 0.717) is 0 Å². The van der Waals surface area contributed by atoms with Crippen molar-refractivity contribution in [3.8, 4) is 61.3 Å². The van der Waals surface area contributed by atoms with E-state index in [4.69, 9.17) is 0 Å². The summed E-state index contributed by atoms with van der Waals surface area (Å²) in [5, 5.41) is 2.57. The molecule has 1 aromatic heterocycles. The average Bonchev–Trinajstić information content (AvgIpc) is 3.89. The van der Waals surface area contributed by atoms with Crippen LogP contribution in [0.15, 0.2) is 243 Å². The van der Waals surface area contributed by atoms with Crippen molar-refractivity contribution in [2.24, 2.45) is 0 Å². The highest BCUT2D eigenvalue weighted by atomic mass is 15.1. The van der Waals surface area contributed by atoms with Crippen LogP contribution in [0.5, 0.6) is 0 Å². The minimum Gasteiger partial charge on any atom is -0.310 e. The highest BCUT2D eigenvalue weighted by Gasteiger charge is 2.41. The normalized spacial score (nSPS) is 12.6. The van der Waals surface area contributed by atoms with Gasteiger partial charge in [-0.3, -0.25) is 0 Å². The number of benzene rings is 10. The Bertz CT molecular complexity index is 3540. The average molecular weight is 859 g/mol. The lowest BCUT2D eigenvalue weighted by molar-refractivity contribution is 0.490. The van der Waals surface area contributed by atoms with Crippen LogP contribution in [0.4, 0.5) is 17.1 Å². The maximum atomic E-state index is 2.50. The minimum absolute atomic E-state index is 0.161. The molecular weight excluding hydrogens is 809 g/mol. The van der Waals surface area contributed by atoms with Crippen LogP contribution in [0.3, 0.4) is 0 Å². The van der Waals surface area contributed by atoms with Crippen molar-refractivity contribution in [3.05, 3.63) is 254 Å². The first-order chi connectivity index (χ1) is 33.1. The Morgan fingerprint density at radius 3 is 1.43 bits per heavy atom. The van der Waals surface area contributed by atoms with Gasteiger partial charge in [-0.15, -0.1) is 0 Å². The van der Waals surface area contributed by atoms with Gasteiger partial charge in [0.25, 0.3) is 0 Å². The van der Waals surface area contributed by atoms with E-state index >= 15 is 0 Å². The molecule has 0 atom stereocenters. The summed E-state index contributed by atoms with van der Waals surface area (Å²) in [5.74, 6) is 0. The summed E-state index contributed by atoms with van der Waals surface area (Å²) in [5.41, 5.74) is 22.0. The molecule has 11 aromatic rings. The van der Waals surface area contributed by atoms with Crippen molar-refractivity contribution in [3.63, 3.8) is 0 Å². The van der Waals surface area contributed by atoms with Crippen LogP contribution in [0, 0.1) is 0 Å².